The fourth-order valence-corrected chi connectivity index (χ4v) is 3.88. The minimum Gasteiger partial charge on any atom is -0.450 e. The normalized spacial score (nSPS) is 17.4. The fourth-order valence-electron chi connectivity index (χ4n) is 3.88. The van der Waals surface area contributed by atoms with E-state index in [1.165, 1.54) is 16.7 Å². The molecule has 2 aromatic carbocycles. The van der Waals surface area contributed by atoms with Crippen LogP contribution in [0.15, 0.2) is 66.7 Å². The molecule has 4 rings (SSSR count). The lowest BCUT2D eigenvalue weighted by Gasteiger charge is -2.23. The third kappa shape index (κ3) is 4.01. The van der Waals surface area contributed by atoms with Gasteiger partial charge < -0.3 is 15.8 Å². The predicted molar refractivity (Wildman–Crippen MR) is 115 cm³/mol. The van der Waals surface area contributed by atoms with Gasteiger partial charge in [-0.1, -0.05) is 54.6 Å². The number of anilines is 3. The number of rotatable bonds is 5. The second-order valence-corrected chi connectivity index (χ2v) is 7.02. The van der Waals surface area contributed by atoms with Crippen molar-refractivity contribution in [1.82, 2.24) is 4.98 Å². The molecule has 0 aliphatic heterocycles. The molecule has 1 amide bonds. The first-order valence-electron chi connectivity index (χ1n) is 9.75. The highest BCUT2D eigenvalue weighted by Gasteiger charge is 2.33. The standard InChI is InChI=1S/C23H24N4O2/c1-2-29-23(28)25-19-12-13-20(27-22(19)24)26-21-17-11-7-6-10-16(17)14-18(21)15-8-4-3-5-9-15/h3-13,18,21H,2,14H2,1H3,(H,25,28)(H3,24,26,27). The number of nitrogens with zero attached hydrogens (tertiary/aromatic N) is 1. The number of ether oxygens (including phenoxy) is 1. The van der Waals surface area contributed by atoms with Crippen molar-refractivity contribution in [3.63, 3.8) is 0 Å². The average molecular weight is 388 g/mol. The van der Waals surface area contributed by atoms with E-state index >= 15 is 0 Å². The molecule has 6 nitrogen and oxygen atoms in total. The summed E-state index contributed by atoms with van der Waals surface area (Å²) in [4.78, 5) is 16.1. The SMILES string of the molecule is CCOC(=O)Nc1ccc(NC2c3ccccc3CC2c2ccccc2)nc1N. The van der Waals surface area contributed by atoms with E-state index in [1.807, 2.05) is 12.1 Å². The Labute approximate surface area is 170 Å². The first kappa shape index (κ1) is 18.8. The first-order valence-corrected chi connectivity index (χ1v) is 9.75. The molecule has 1 aliphatic rings. The number of hydrogen-bond donors (Lipinski definition) is 3. The average Bonchev–Trinajstić information content (AvgIpc) is 3.09. The smallest absolute Gasteiger partial charge is 0.411 e. The monoisotopic (exact) mass is 388 g/mol. The Kier molecular flexibility index (Phi) is 5.33. The second-order valence-electron chi connectivity index (χ2n) is 7.02. The molecule has 1 aromatic heterocycles. The number of fused-ring (bicyclic) bond motifs is 1. The van der Waals surface area contributed by atoms with Crippen LogP contribution in [0.3, 0.4) is 0 Å². The van der Waals surface area contributed by atoms with Crippen LogP contribution in [-0.2, 0) is 11.2 Å². The molecule has 6 heteroatoms. The van der Waals surface area contributed by atoms with Gasteiger partial charge in [-0.05, 0) is 42.2 Å². The molecular formula is C23H24N4O2. The fraction of sp³-hybridized carbons (Fsp3) is 0.217. The van der Waals surface area contributed by atoms with Crippen molar-refractivity contribution in [3.8, 4) is 0 Å². The molecule has 4 N–H and O–H groups in total. The minimum atomic E-state index is -0.546. The maximum atomic E-state index is 11.6. The van der Waals surface area contributed by atoms with Gasteiger partial charge in [0.2, 0.25) is 0 Å². The first-order chi connectivity index (χ1) is 14.2. The van der Waals surface area contributed by atoms with Crippen molar-refractivity contribution in [1.29, 1.82) is 0 Å². The van der Waals surface area contributed by atoms with Crippen molar-refractivity contribution in [2.24, 2.45) is 0 Å². The molecule has 0 fully saturated rings. The molecule has 2 atom stereocenters. The molecule has 1 aliphatic carbocycles. The number of carbonyl (C=O) groups excluding carboxylic acids is 1. The number of nitrogen functional groups attached to an aromatic ring is 1. The molecule has 1 heterocycles. The molecule has 148 valence electrons. The summed E-state index contributed by atoms with van der Waals surface area (Å²) in [5, 5.41) is 6.16. The van der Waals surface area contributed by atoms with Gasteiger partial charge in [-0.3, -0.25) is 5.32 Å². The lowest BCUT2D eigenvalue weighted by molar-refractivity contribution is 0.168. The summed E-state index contributed by atoms with van der Waals surface area (Å²) < 4.78 is 4.89. The summed E-state index contributed by atoms with van der Waals surface area (Å²) in [6.07, 6.45) is 0.422. The van der Waals surface area contributed by atoms with Gasteiger partial charge in [-0.2, -0.15) is 0 Å². The van der Waals surface area contributed by atoms with Crippen molar-refractivity contribution in [3.05, 3.63) is 83.4 Å². The van der Waals surface area contributed by atoms with Gasteiger partial charge in [0.05, 0.1) is 18.3 Å². The largest absolute Gasteiger partial charge is 0.450 e. The zero-order valence-electron chi connectivity index (χ0n) is 16.3. The number of nitrogens with one attached hydrogen (secondary N) is 2. The van der Waals surface area contributed by atoms with E-state index in [0.717, 1.165) is 6.42 Å². The van der Waals surface area contributed by atoms with Gasteiger partial charge >= 0.3 is 6.09 Å². The molecule has 0 spiro atoms. The van der Waals surface area contributed by atoms with Crippen LogP contribution in [0.2, 0.25) is 0 Å². The van der Waals surface area contributed by atoms with E-state index in [0.29, 0.717) is 24.0 Å². The number of nitrogens with two attached hydrogens (primary N) is 1. The van der Waals surface area contributed by atoms with Crippen LogP contribution in [-0.4, -0.2) is 17.7 Å². The van der Waals surface area contributed by atoms with E-state index in [1.54, 1.807) is 13.0 Å². The van der Waals surface area contributed by atoms with Crippen molar-refractivity contribution in [2.45, 2.75) is 25.3 Å². The number of pyridine rings is 1. The highest BCUT2D eigenvalue weighted by molar-refractivity contribution is 5.88. The van der Waals surface area contributed by atoms with E-state index in [-0.39, 0.29) is 11.9 Å². The van der Waals surface area contributed by atoms with Crippen LogP contribution in [0.4, 0.5) is 22.1 Å². The van der Waals surface area contributed by atoms with Crippen molar-refractivity contribution >= 4 is 23.4 Å². The van der Waals surface area contributed by atoms with E-state index in [2.05, 4.69) is 64.1 Å². The van der Waals surface area contributed by atoms with Crippen LogP contribution < -0.4 is 16.4 Å². The van der Waals surface area contributed by atoms with E-state index < -0.39 is 6.09 Å². The number of amides is 1. The Hall–Kier alpha value is -3.54. The Bertz CT molecular complexity index is 1010. The Morgan fingerprint density at radius 3 is 2.62 bits per heavy atom. The quantitative estimate of drug-likeness (QED) is 0.588. The van der Waals surface area contributed by atoms with Gasteiger partial charge in [-0.25, -0.2) is 9.78 Å². The summed E-state index contributed by atoms with van der Waals surface area (Å²) in [5.41, 5.74) is 10.4. The zero-order chi connectivity index (χ0) is 20.2. The topological polar surface area (TPSA) is 89.3 Å². The molecule has 0 saturated carbocycles. The predicted octanol–water partition coefficient (Wildman–Crippen LogP) is 4.73. The molecule has 0 saturated heterocycles. The summed E-state index contributed by atoms with van der Waals surface area (Å²) in [6, 6.07) is 22.6. The van der Waals surface area contributed by atoms with Crippen LogP contribution in [0.25, 0.3) is 0 Å². The highest BCUT2D eigenvalue weighted by Crippen LogP contribution is 2.44. The second kappa shape index (κ2) is 8.22. The van der Waals surface area contributed by atoms with Crippen LogP contribution >= 0.6 is 0 Å². The van der Waals surface area contributed by atoms with E-state index in [9.17, 15) is 4.79 Å². The highest BCUT2D eigenvalue weighted by atomic mass is 16.5. The van der Waals surface area contributed by atoms with Crippen molar-refractivity contribution in [2.75, 3.05) is 23.0 Å². The lowest BCUT2D eigenvalue weighted by atomic mass is 9.92. The van der Waals surface area contributed by atoms with Gasteiger partial charge in [0.1, 0.15) is 11.6 Å². The lowest BCUT2D eigenvalue weighted by Crippen LogP contribution is -2.18. The zero-order valence-corrected chi connectivity index (χ0v) is 16.3. The number of aromatic nitrogens is 1. The maximum absolute atomic E-state index is 11.6. The van der Waals surface area contributed by atoms with Gasteiger partial charge in [-0.15, -0.1) is 0 Å². The van der Waals surface area contributed by atoms with Crippen LogP contribution in [0.5, 0.6) is 0 Å². The molecule has 29 heavy (non-hydrogen) atoms. The molecule has 0 radical (unpaired) electrons. The number of benzene rings is 2. The molecule has 3 aromatic rings. The summed E-state index contributed by atoms with van der Waals surface area (Å²) >= 11 is 0. The summed E-state index contributed by atoms with van der Waals surface area (Å²) in [7, 11) is 0. The van der Waals surface area contributed by atoms with Gasteiger partial charge in [0.15, 0.2) is 0 Å². The minimum absolute atomic E-state index is 0.0874. The third-order valence-corrected chi connectivity index (χ3v) is 5.20. The number of carbonyl (C=O) groups is 1. The van der Waals surface area contributed by atoms with E-state index in [4.69, 9.17) is 10.5 Å². The van der Waals surface area contributed by atoms with Crippen LogP contribution in [0.1, 0.15) is 35.6 Å². The molecular weight excluding hydrogens is 364 g/mol. The van der Waals surface area contributed by atoms with Crippen molar-refractivity contribution < 1.29 is 9.53 Å². The van der Waals surface area contributed by atoms with Gasteiger partial charge in [0, 0.05) is 5.92 Å². The Balaban J connectivity index is 1.59. The molecule has 2 unspecified atom stereocenters. The Morgan fingerprint density at radius 1 is 1.10 bits per heavy atom. The maximum Gasteiger partial charge on any atom is 0.411 e. The van der Waals surface area contributed by atoms with Gasteiger partial charge in [0.25, 0.3) is 0 Å². The van der Waals surface area contributed by atoms with Crippen LogP contribution in [0, 0.1) is 0 Å². The Morgan fingerprint density at radius 2 is 1.86 bits per heavy atom. The third-order valence-electron chi connectivity index (χ3n) is 5.20. The number of hydrogen-bond acceptors (Lipinski definition) is 5. The summed E-state index contributed by atoms with van der Waals surface area (Å²) in [6.45, 7) is 2.04. The summed E-state index contributed by atoms with van der Waals surface area (Å²) in [5.74, 6) is 1.21. The molecule has 0 bridgehead atoms.